The number of nitrogens with zero attached hydrogens (tertiary/aromatic N) is 3. The maximum atomic E-state index is 12.5. The highest BCUT2D eigenvalue weighted by Gasteiger charge is 2.24. The summed E-state index contributed by atoms with van der Waals surface area (Å²) in [5.41, 5.74) is 2.88. The fraction of sp³-hybridized carbons (Fsp3) is 0.263. The molecule has 1 N–H and O–H groups in total. The van der Waals surface area contributed by atoms with Crippen LogP contribution in [0.5, 0.6) is 0 Å². The number of rotatable bonds is 6. The van der Waals surface area contributed by atoms with Gasteiger partial charge in [0.05, 0.1) is 4.92 Å². The van der Waals surface area contributed by atoms with Gasteiger partial charge in [0, 0.05) is 11.8 Å². The molecule has 0 aliphatic rings. The van der Waals surface area contributed by atoms with Gasteiger partial charge in [-0.3, -0.25) is 19.7 Å². The van der Waals surface area contributed by atoms with E-state index in [1.54, 1.807) is 19.1 Å². The zero-order valence-corrected chi connectivity index (χ0v) is 15.5. The number of carbonyl (C=O) groups excluding carboxylic acids is 2. The minimum Gasteiger partial charge on any atom is -0.324 e. The first-order valence-electron chi connectivity index (χ1n) is 8.23. The molecule has 1 amide bonds. The number of ketones is 1. The summed E-state index contributed by atoms with van der Waals surface area (Å²) < 4.78 is 0. The summed E-state index contributed by atoms with van der Waals surface area (Å²) >= 11 is 0. The zero-order valence-electron chi connectivity index (χ0n) is 15.5. The first-order chi connectivity index (χ1) is 12.7. The zero-order chi connectivity index (χ0) is 20.1. The highest BCUT2D eigenvalue weighted by molar-refractivity contribution is 6.10. The number of amides is 1. The molecule has 2 rings (SSSR count). The highest BCUT2D eigenvalue weighted by atomic mass is 16.6. The number of nitrogens with one attached hydrogen (secondary N) is 1. The van der Waals surface area contributed by atoms with Crippen LogP contribution in [0.15, 0.2) is 46.6 Å². The van der Waals surface area contributed by atoms with Crippen molar-refractivity contribution in [1.82, 2.24) is 0 Å². The van der Waals surface area contributed by atoms with E-state index in [2.05, 4.69) is 15.5 Å². The molecule has 8 heteroatoms. The van der Waals surface area contributed by atoms with Crippen LogP contribution in [0.1, 0.15) is 23.6 Å². The number of benzene rings is 2. The largest absolute Gasteiger partial charge is 0.324 e. The molecule has 2 aromatic rings. The van der Waals surface area contributed by atoms with Gasteiger partial charge in [-0.15, -0.1) is 5.11 Å². The lowest BCUT2D eigenvalue weighted by Crippen LogP contribution is -2.32. The smallest absolute Gasteiger partial charge is 0.296 e. The monoisotopic (exact) mass is 368 g/mol. The maximum absolute atomic E-state index is 12.5. The van der Waals surface area contributed by atoms with E-state index in [9.17, 15) is 19.7 Å². The molecule has 0 aliphatic heterocycles. The van der Waals surface area contributed by atoms with Gasteiger partial charge in [-0.05, 0) is 51.0 Å². The van der Waals surface area contributed by atoms with Gasteiger partial charge in [-0.25, -0.2) is 0 Å². The predicted octanol–water partition coefficient (Wildman–Crippen LogP) is 4.20. The first-order valence-corrected chi connectivity index (χ1v) is 8.23. The van der Waals surface area contributed by atoms with Crippen molar-refractivity contribution >= 4 is 28.8 Å². The molecule has 8 nitrogen and oxygen atoms in total. The Morgan fingerprint density at radius 1 is 1.07 bits per heavy atom. The van der Waals surface area contributed by atoms with Crippen LogP contribution in [-0.2, 0) is 9.59 Å². The Morgan fingerprint density at radius 2 is 1.70 bits per heavy atom. The summed E-state index contributed by atoms with van der Waals surface area (Å²) in [6.45, 7) is 6.70. The van der Waals surface area contributed by atoms with Crippen molar-refractivity contribution < 1.29 is 14.5 Å². The van der Waals surface area contributed by atoms with Crippen molar-refractivity contribution in [2.75, 3.05) is 5.32 Å². The fourth-order valence-corrected chi connectivity index (χ4v) is 2.46. The first kappa shape index (κ1) is 19.9. The summed E-state index contributed by atoms with van der Waals surface area (Å²) in [5.74, 6) is -1.16. The van der Waals surface area contributed by atoms with Gasteiger partial charge >= 0.3 is 0 Å². The summed E-state index contributed by atoms with van der Waals surface area (Å²) in [7, 11) is 0. The molecule has 0 saturated carbocycles. The van der Waals surface area contributed by atoms with Crippen molar-refractivity contribution in [2.45, 2.75) is 33.7 Å². The van der Waals surface area contributed by atoms with E-state index in [1.807, 2.05) is 26.0 Å². The second-order valence-corrected chi connectivity index (χ2v) is 6.29. The Morgan fingerprint density at radius 3 is 2.30 bits per heavy atom. The van der Waals surface area contributed by atoms with Crippen LogP contribution in [0.2, 0.25) is 0 Å². The summed E-state index contributed by atoms with van der Waals surface area (Å²) in [4.78, 5) is 34.9. The second kappa shape index (κ2) is 8.31. The number of carbonyl (C=O) groups is 2. The van der Waals surface area contributed by atoms with Crippen LogP contribution in [0, 0.1) is 30.9 Å². The third-order valence-electron chi connectivity index (χ3n) is 3.88. The lowest BCUT2D eigenvalue weighted by Gasteiger charge is -2.12. The number of nitro groups is 1. The third kappa shape index (κ3) is 5.04. The normalized spacial score (nSPS) is 12.0. The molecule has 0 radical (unpaired) electrons. The Bertz CT molecular complexity index is 937. The van der Waals surface area contributed by atoms with Crippen molar-refractivity contribution in [3.8, 4) is 0 Å². The number of hydrogen-bond acceptors (Lipinski definition) is 6. The molecule has 0 heterocycles. The van der Waals surface area contributed by atoms with Crippen LogP contribution < -0.4 is 5.32 Å². The Balaban J connectivity index is 2.27. The number of anilines is 1. The summed E-state index contributed by atoms with van der Waals surface area (Å²) in [5, 5.41) is 21.4. The van der Waals surface area contributed by atoms with Crippen molar-refractivity contribution in [2.24, 2.45) is 10.2 Å². The molecule has 0 saturated heterocycles. The van der Waals surface area contributed by atoms with E-state index < -0.39 is 22.7 Å². The standard InChI is InChI=1S/C19H20N4O4/c1-11-5-7-15(13(3)9-11)20-19(25)18(14(4)24)22-21-16-8-6-12(2)10-17(16)23(26)27/h5-10,18H,1-4H3,(H,20,25). The molecule has 0 aromatic heterocycles. The van der Waals surface area contributed by atoms with E-state index in [0.717, 1.165) is 11.1 Å². The lowest BCUT2D eigenvalue weighted by atomic mass is 10.1. The average molecular weight is 368 g/mol. The van der Waals surface area contributed by atoms with Crippen molar-refractivity contribution in [1.29, 1.82) is 0 Å². The molecular formula is C19H20N4O4. The number of hydrogen-bond donors (Lipinski definition) is 1. The molecule has 2 aromatic carbocycles. The minimum atomic E-state index is -1.40. The molecular weight excluding hydrogens is 348 g/mol. The van der Waals surface area contributed by atoms with Gasteiger partial charge < -0.3 is 5.32 Å². The van der Waals surface area contributed by atoms with Gasteiger partial charge in [0.15, 0.2) is 11.5 Å². The van der Waals surface area contributed by atoms with E-state index in [-0.39, 0.29) is 11.4 Å². The molecule has 140 valence electrons. The van der Waals surface area contributed by atoms with Gasteiger partial charge in [0.25, 0.3) is 11.6 Å². The Labute approximate surface area is 156 Å². The number of nitro benzene ring substituents is 1. The van der Waals surface area contributed by atoms with Gasteiger partial charge in [-0.2, -0.15) is 5.11 Å². The summed E-state index contributed by atoms with van der Waals surface area (Å²) in [6, 6.07) is 8.49. The van der Waals surface area contributed by atoms with E-state index in [4.69, 9.17) is 0 Å². The van der Waals surface area contributed by atoms with E-state index in [1.165, 1.54) is 19.1 Å². The van der Waals surface area contributed by atoms with Crippen molar-refractivity contribution in [3.05, 3.63) is 63.2 Å². The Kier molecular flexibility index (Phi) is 6.12. The van der Waals surface area contributed by atoms with E-state index >= 15 is 0 Å². The average Bonchev–Trinajstić information content (AvgIpc) is 2.58. The van der Waals surface area contributed by atoms with Crippen LogP contribution >= 0.6 is 0 Å². The number of Topliss-reactive ketones (excluding diaryl/α,β-unsaturated/α-hetero) is 1. The molecule has 0 fully saturated rings. The van der Waals surface area contributed by atoms with Gasteiger partial charge in [-0.1, -0.05) is 23.8 Å². The Hall–Kier alpha value is -3.42. The molecule has 0 aliphatic carbocycles. The van der Waals surface area contributed by atoms with E-state index in [0.29, 0.717) is 11.3 Å². The van der Waals surface area contributed by atoms with Crippen LogP contribution in [0.4, 0.5) is 17.1 Å². The fourth-order valence-electron chi connectivity index (χ4n) is 2.46. The van der Waals surface area contributed by atoms with Gasteiger partial charge in [0.2, 0.25) is 6.04 Å². The van der Waals surface area contributed by atoms with Crippen LogP contribution in [0.25, 0.3) is 0 Å². The van der Waals surface area contributed by atoms with Crippen LogP contribution in [-0.4, -0.2) is 22.7 Å². The van der Waals surface area contributed by atoms with Gasteiger partial charge in [0.1, 0.15) is 0 Å². The molecule has 1 atom stereocenters. The number of aryl methyl sites for hydroxylation is 3. The lowest BCUT2D eigenvalue weighted by molar-refractivity contribution is -0.384. The quantitative estimate of drug-likeness (QED) is 0.356. The SMILES string of the molecule is CC(=O)C(N=Nc1ccc(C)cc1[N+](=O)[O-])C(=O)Nc1ccc(C)cc1C. The third-order valence-corrected chi connectivity index (χ3v) is 3.88. The maximum Gasteiger partial charge on any atom is 0.296 e. The summed E-state index contributed by atoms with van der Waals surface area (Å²) in [6.07, 6.45) is 0. The minimum absolute atomic E-state index is 0.0174. The second-order valence-electron chi connectivity index (χ2n) is 6.29. The highest BCUT2D eigenvalue weighted by Crippen LogP contribution is 2.28. The molecule has 0 spiro atoms. The van der Waals surface area contributed by atoms with Crippen LogP contribution in [0.3, 0.4) is 0 Å². The predicted molar refractivity (Wildman–Crippen MR) is 101 cm³/mol. The topological polar surface area (TPSA) is 114 Å². The van der Waals surface area contributed by atoms with Crippen molar-refractivity contribution in [3.63, 3.8) is 0 Å². The molecule has 27 heavy (non-hydrogen) atoms. The number of azo groups is 1. The molecule has 0 bridgehead atoms. The molecule has 1 unspecified atom stereocenters.